The first-order chi connectivity index (χ1) is 9.08. The van der Waals surface area contributed by atoms with E-state index in [1.165, 1.54) is 13.2 Å². The first-order valence-corrected chi connectivity index (χ1v) is 6.07. The molecule has 0 bridgehead atoms. The number of halogens is 1. The number of ether oxygens (including phenoxy) is 2. The molecule has 19 heavy (non-hydrogen) atoms. The third-order valence-corrected chi connectivity index (χ3v) is 3.32. The summed E-state index contributed by atoms with van der Waals surface area (Å²) in [7, 11) is 3.07. The minimum atomic E-state index is -1.06. The van der Waals surface area contributed by atoms with E-state index in [4.69, 9.17) is 14.6 Å². The number of nitrogens with one attached hydrogen (secondary N) is 1. The third-order valence-electron chi connectivity index (χ3n) is 2.57. The molecule has 2 rings (SSSR count). The van der Waals surface area contributed by atoms with Crippen molar-refractivity contribution in [1.82, 2.24) is 10.2 Å². The summed E-state index contributed by atoms with van der Waals surface area (Å²) in [6, 6.07) is 4.94. The molecule has 0 saturated heterocycles. The van der Waals surface area contributed by atoms with Crippen molar-refractivity contribution in [3.8, 4) is 22.8 Å². The lowest BCUT2D eigenvalue weighted by Gasteiger charge is -2.11. The Morgan fingerprint density at radius 3 is 2.63 bits per heavy atom. The summed E-state index contributed by atoms with van der Waals surface area (Å²) < 4.78 is 11.1. The zero-order valence-electron chi connectivity index (χ0n) is 10.2. The number of H-pyrrole nitrogens is 1. The number of carbonyl (C=O) groups is 1. The Balaban J connectivity index is 2.55. The van der Waals surface area contributed by atoms with Crippen LogP contribution in [0.2, 0.25) is 0 Å². The fraction of sp³-hybridized carbons (Fsp3) is 0.167. The van der Waals surface area contributed by atoms with Crippen molar-refractivity contribution in [2.75, 3.05) is 14.2 Å². The van der Waals surface area contributed by atoms with Crippen LogP contribution >= 0.6 is 15.9 Å². The van der Waals surface area contributed by atoms with Crippen molar-refractivity contribution in [3.05, 3.63) is 28.4 Å². The number of rotatable bonds is 4. The third kappa shape index (κ3) is 2.41. The lowest BCUT2D eigenvalue weighted by atomic mass is 10.1. The second kappa shape index (κ2) is 5.31. The van der Waals surface area contributed by atoms with E-state index in [1.807, 2.05) is 0 Å². The molecular formula is C12H11BrN2O4. The second-order valence-electron chi connectivity index (χ2n) is 3.63. The summed E-state index contributed by atoms with van der Waals surface area (Å²) in [6.45, 7) is 0. The molecule has 0 radical (unpaired) electrons. The van der Waals surface area contributed by atoms with Crippen molar-refractivity contribution in [3.63, 3.8) is 0 Å². The number of hydrogen-bond donors (Lipinski definition) is 2. The number of aromatic amines is 1. The van der Waals surface area contributed by atoms with Gasteiger partial charge in [0.25, 0.3) is 0 Å². The van der Waals surface area contributed by atoms with Gasteiger partial charge in [-0.2, -0.15) is 5.10 Å². The molecule has 0 spiro atoms. The van der Waals surface area contributed by atoms with Gasteiger partial charge in [0.15, 0.2) is 0 Å². The van der Waals surface area contributed by atoms with Crippen LogP contribution in [0.3, 0.4) is 0 Å². The van der Waals surface area contributed by atoms with E-state index in [-0.39, 0.29) is 5.69 Å². The van der Waals surface area contributed by atoms with Gasteiger partial charge in [-0.25, -0.2) is 4.79 Å². The van der Waals surface area contributed by atoms with Gasteiger partial charge in [0, 0.05) is 5.56 Å². The lowest BCUT2D eigenvalue weighted by molar-refractivity contribution is 0.0690. The topological polar surface area (TPSA) is 84.4 Å². The predicted molar refractivity (Wildman–Crippen MR) is 71.8 cm³/mol. The van der Waals surface area contributed by atoms with Crippen LogP contribution in [-0.4, -0.2) is 35.5 Å². The molecule has 0 fully saturated rings. The maximum atomic E-state index is 10.8. The van der Waals surface area contributed by atoms with Crippen LogP contribution in [0.5, 0.6) is 11.5 Å². The van der Waals surface area contributed by atoms with Crippen LogP contribution in [0.25, 0.3) is 11.3 Å². The molecule has 0 aliphatic heterocycles. The highest BCUT2D eigenvalue weighted by molar-refractivity contribution is 9.10. The zero-order chi connectivity index (χ0) is 14.0. The van der Waals surface area contributed by atoms with E-state index in [0.717, 1.165) is 0 Å². The smallest absolute Gasteiger partial charge is 0.353 e. The number of aromatic carboxylic acids is 1. The minimum Gasteiger partial charge on any atom is -0.495 e. The summed E-state index contributed by atoms with van der Waals surface area (Å²) in [4.78, 5) is 10.8. The van der Waals surface area contributed by atoms with Crippen LogP contribution in [0.1, 0.15) is 10.5 Å². The molecular weight excluding hydrogens is 316 g/mol. The number of carboxylic acid groups (broad SMARTS) is 1. The Kier molecular flexibility index (Phi) is 3.75. The van der Waals surface area contributed by atoms with E-state index < -0.39 is 5.97 Å². The van der Waals surface area contributed by atoms with Crippen LogP contribution in [-0.2, 0) is 0 Å². The van der Waals surface area contributed by atoms with Gasteiger partial charge in [-0.1, -0.05) is 0 Å². The molecule has 7 heteroatoms. The maximum Gasteiger partial charge on any atom is 0.353 e. The highest BCUT2D eigenvalue weighted by Crippen LogP contribution is 2.41. The summed E-state index contributed by atoms with van der Waals surface area (Å²) >= 11 is 3.38. The SMILES string of the molecule is COc1ccc(-c2cc(C(=O)O)[nH]n2)c(OC)c1Br. The molecule has 0 aliphatic rings. The number of hydrogen-bond acceptors (Lipinski definition) is 4. The molecule has 0 atom stereocenters. The molecule has 1 aromatic heterocycles. The van der Waals surface area contributed by atoms with Crippen LogP contribution < -0.4 is 9.47 Å². The van der Waals surface area contributed by atoms with Gasteiger partial charge in [-0.05, 0) is 34.1 Å². The van der Waals surface area contributed by atoms with Gasteiger partial charge in [0.05, 0.1) is 19.9 Å². The average Bonchev–Trinajstić information content (AvgIpc) is 2.87. The first-order valence-electron chi connectivity index (χ1n) is 5.28. The molecule has 1 heterocycles. The molecule has 0 aliphatic carbocycles. The lowest BCUT2D eigenvalue weighted by Crippen LogP contribution is -1.95. The van der Waals surface area contributed by atoms with Crippen LogP contribution in [0, 0.1) is 0 Å². The van der Waals surface area contributed by atoms with E-state index in [0.29, 0.717) is 27.2 Å². The zero-order valence-corrected chi connectivity index (χ0v) is 11.8. The van der Waals surface area contributed by atoms with Crippen molar-refractivity contribution in [2.45, 2.75) is 0 Å². The molecule has 2 aromatic rings. The predicted octanol–water partition coefficient (Wildman–Crippen LogP) is 2.55. The first kappa shape index (κ1) is 13.4. The summed E-state index contributed by atoms with van der Waals surface area (Å²) in [5.74, 6) is 0.0858. The molecule has 1 aromatic carbocycles. The van der Waals surface area contributed by atoms with Crippen LogP contribution in [0.15, 0.2) is 22.7 Å². The Hall–Kier alpha value is -2.02. The molecule has 0 amide bonds. The Labute approximate surface area is 117 Å². The molecule has 100 valence electrons. The quantitative estimate of drug-likeness (QED) is 0.901. The summed E-state index contributed by atoms with van der Waals surface area (Å²) in [6.07, 6.45) is 0. The molecule has 0 saturated carbocycles. The molecule has 6 nitrogen and oxygen atoms in total. The van der Waals surface area contributed by atoms with Gasteiger partial charge < -0.3 is 14.6 Å². The van der Waals surface area contributed by atoms with Gasteiger partial charge in [-0.3, -0.25) is 5.10 Å². The fourth-order valence-electron chi connectivity index (χ4n) is 1.67. The summed E-state index contributed by atoms with van der Waals surface area (Å²) in [5, 5.41) is 15.3. The van der Waals surface area contributed by atoms with E-state index in [2.05, 4.69) is 26.1 Å². The van der Waals surface area contributed by atoms with E-state index >= 15 is 0 Å². The minimum absolute atomic E-state index is 0.0176. The number of benzene rings is 1. The fourth-order valence-corrected chi connectivity index (χ4v) is 2.34. The molecule has 0 unspecified atom stereocenters. The second-order valence-corrected chi connectivity index (χ2v) is 4.43. The number of methoxy groups -OCH3 is 2. The van der Waals surface area contributed by atoms with Crippen LogP contribution in [0.4, 0.5) is 0 Å². The monoisotopic (exact) mass is 326 g/mol. The van der Waals surface area contributed by atoms with Gasteiger partial charge in [-0.15, -0.1) is 0 Å². The highest BCUT2D eigenvalue weighted by atomic mass is 79.9. The maximum absolute atomic E-state index is 10.8. The van der Waals surface area contributed by atoms with Gasteiger partial charge >= 0.3 is 5.97 Å². The molecule has 2 N–H and O–H groups in total. The van der Waals surface area contributed by atoms with Crippen molar-refractivity contribution in [2.24, 2.45) is 0 Å². The average molecular weight is 327 g/mol. The van der Waals surface area contributed by atoms with Crippen molar-refractivity contribution < 1.29 is 19.4 Å². The van der Waals surface area contributed by atoms with Gasteiger partial charge in [0.2, 0.25) is 0 Å². The van der Waals surface area contributed by atoms with Crippen molar-refractivity contribution >= 4 is 21.9 Å². The van der Waals surface area contributed by atoms with E-state index in [1.54, 1.807) is 19.2 Å². The number of carboxylic acids is 1. The highest BCUT2D eigenvalue weighted by Gasteiger charge is 2.17. The standard InChI is InChI=1S/C12H11BrN2O4/c1-18-9-4-3-6(11(19-2)10(9)13)7-5-8(12(16)17)15-14-7/h3-5H,1-2H3,(H,14,15)(H,16,17). The largest absolute Gasteiger partial charge is 0.495 e. The van der Waals surface area contributed by atoms with E-state index in [9.17, 15) is 4.79 Å². The number of aromatic nitrogens is 2. The number of nitrogens with zero attached hydrogens (tertiary/aromatic N) is 1. The Morgan fingerprint density at radius 2 is 2.11 bits per heavy atom. The van der Waals surface area contributed by atoms with Crippen molar-refractivity contribution in [1.29, 1.82) is 0 Å². The summed E-state index contributed by atoms with van der Waals surface area (Å²) in [5.41, 5.74) is 1.17. The normalized spacial score (nSPS) is 10.3. The Bertz CT molecular complexity index is 624. The van der Waals surface area contributed by atoms with Gasteiger partial charge in [0.1, 0.15) is 21.7 Å². The Morgan fingerprint density at radius 1 is 1.37 bits per heavy atom.